The van der Waals surface area contributed by atoms with E-state index >= 15 is 0 Å². The van der Waals surface area contributed by atoms with E-state index in [1.807, 2.05) is 23.1 Å². The van der Waals surface area contributed by atoms with Crippen molar-refractivity contribution in [2.75, 3.05) is 19.6 Å². The van der Waals surface area contributed by atoms with Crippen LogP contribution in [0.3, 0.4) is 0 Å². The lowest BCUT2D eigenvalue weighted by Gasteiger charge is -2.20. The van der Waals surface area contributed by atoms with Crippen molar-refractivity contribution in [1.29, 1.82) is 0 Å². The van der Waals surface area contributed by atoms with Crippen molar-refractivity contribution in [2.45, 2.75) is 39.0 Å². The summed E-state index contributed by atoms with van der Waals surface area (Å²) in [5.41, 5.74) is 2.82. The molecule has 1 aromatic carbocycles. The summed E-state index contributed by atoms with van der Waals surface area (Å²) in [6.07, 6.45) is 4.84. The molecule has 1 atom stereocenters. The maximum atomic E-state index is 13.1. The number of fused-ring (bicyclic) bond motifs is 1. The zero-order valence-corrected chi connectivity index (χ0v) is 18.3. The number of rotatable bonds is 7. The molecule has 2 amide bonds. The first-order valence-corrected chi connectivity index (χ1v) is 11.1. The van der Waals surface area contributed by atoms with E-state index in [2.05, 4.69) is 36.4 Å². The van der Waals surface area contributed by atoms with Gasteiger partial charge in [0.1, 0.15) is 0 Å². The van der Waals surface area contributed by atoms with Crippen LogP contribution in [0.1, 0.15) is 65.4 Å². The van der Waals surface area contributed by atoms with Crippen LogP contribution in [0.15, 0.2) is 54.7 Å². The van der Waals surface area contributed by atoms with Crippen molar-refractivity contribution in [3.05, 3.63) is 71.5 Å². The van der Waals surface area contributed by atoms with Gasteiger partial charge in [-0.15, -0.1) is 0 Å². The summed E-state index contributed by atoms with van der Waals surface area (Å²) in [5, 5.41) is 7.54. The number of pyridine rings is 1. The Balaban J connectivity index is 1.52. The number of hydrogen-bond acceptors (Lipinski definition) is 3. The quantitative estimate of drug-likeness (QED) is 0.627. The van der Waals surface area contributed by atoms with Crippen molar-refractivity contribution in [2.24, 2.45) is 5.92 Å². The second-order valence-electron chi connectivity index (χ2n) is 8.73. The molecule has 1 aliphatic heterocycles. The SMILES string of the molecule is CC(C)CC(CNC(=O)c1cccn2nc(C(=O)N3CCCC3)cc12)c1ccccc1. The van der Waals surface area contributed by atoms with Crippen molar-refractivity contribution >= 4 is 17.3 Å². The molecular formula is C25H30N4O2. The average molecular weight is 419 g/mol. The average Bonchev–Trinajstić information content (AvgIpc) is 3.46. The molecule has 1 saturated heterocycles. The molecule has 1 fully saturated rings. The van der Waals surface area contributed by atoms with E-state index in [9.17, 15) is 9.59 Å². The molecule has 3 heterocycles. The molecule has 6 heteroatoms. The van der Waals surface area contributed by atoms with E-state index in [-0.39, 0.29) is 17.7 Å². The zero-order valence-electron chi connectivity index (χ0n) is 18.3. The Morgan fingerprint density at radius 1 is 1.06 bits per heavy atom. The highest BCUT2D eigenvalue weighted by molar-refractivity contribution is 6.02. The van der Waals surface area contributed by atoms with Gasteiger partial charge in [0.2, 0.25) is 0 Å². The Bertz CT molecular complexity index is 1050. The number of carbonyl (C=O) groups is 2. The Morgan fingerprint density at radius 2 is 1.81 bits per heavy atom. The number of likely N-dealkylation sites (tertiary alicyclic amines) is 1. The summed E-state index contributed by atoms with van der Waals surface area (Å²) in [5.74, 6) is 0.575. The van der Waals surface area contributed by atoms with Gasteiger partial charge in [-0.25, -0.2) is 4.52 Å². The zero-order chi connectivity index (χ0) is 21.8. The van der Waals surface area contributed by atoms with Crippen molar-refractivity contribution in [3.63, 3.8) is 0 Å². The lowest BCUT2D eigenvalue weighted by molar-refractivity contribution is 0.0786. The van der Waals surface area contributed by atoms with E-state index in [4.69, 9.17) is 0 Å². The molecule has 4 rings (SSSR count). The number of carbonyl (C=O) groups excluding carboxylic acids is 2. The van der Waals surface area contributed by atoms with Crippen LogP contribution in [-0.2, 0) is 0 Å². The van der Waals surface area contributed by atoms with E-state index in [1.54, 1.807) is 28.9 Å². The number of nitrogens with zero attached hydrogens (tertiary/aromatic N) is 3. The van der Waals surface area contributed by atoms with E-state index in [0.29, 0.717) is 29.2 Å². The van der Waals surface area contributed by atoms with Crippen LogP contribution >= 0.6 is 0 Å². The van der Waals surface area contributed by atoms with Gasteiger partial charge >= 0.3 is 0 Å². The van der Waals surface area contributed by atoms with Crippen LogP contribution in [0.2, 0.25) is 0 Å². The molecule has 0 spiro atoms. The first kappa shape index (κ1) is 21.1. The summed E-state index contributed by atoms with van der Waals surface area (Å²) < 4.78 is 1.63. The lowest BCUT2D eigenvalue weighted by Crippen LogP contribution is -2.29. The fraction of sp³-hybridized carbons (Fsp3) is 0.400. The lowest BCUT2D eigenvalue weighted by atomic mass is 9.90. The number of benzene rings is 1. The molecule has 0 aliphatic carbocycles. The summed E-state index contributed by atoms with van der Waals surface area (Å²) in [4.78, 5) is 27.6. The van der Waals surface area contributed by atoms with E-state index in [1.165, 1.54) is 5.56 Å². The maximum Gasteiger partial charge on any atom is 0.274 e. The minimum Gasteiger partial charge on any atom is -0.351 e. The molecule has 1 aliphatic rings. The second kappa shape index (κ2) is 9.33. The van der Waals surface area contributed by atoms with Gasteiger partial charge < -0.3 is 10.2 Å². The van der Waals surface area contributed by atoms with Crippen molar-refractivity contribution in [1.82, 2.24) is 19.8 Å². The Morgan fingerprint density at radius 3 is 2.52 bits per heavy atom. The molecule has 0 radical (unpaired) electrons. The molecule has 3 aromatic rings. The van der Waals surface area contributed by atoms with Crippen LogP contribution in [0.4, 0.5) is 0 Å². The number of aromatic nitrogens is 2. The monoisotopic (exact) mass is 418 g/mol. The number of hydrogen-bond donors (Lipinski definition) is 1. The maximum absolute atomic E-state index is 13.1. The molecular weight excluding hydrogens is 388 g/mol. The highest BCUT2D eigenvalue weighted by Crippen LogP contribution is 2.23. The van der Waals surface area contributed by atoms with Crippen molar-refractivity contribution in [3.8, 4) is 0 Å². The largest absolute Gasteiger partial charge is 0.351 e. The van der Waals surface area contributed by atoms with E-state index < -0.39 is 0 Å². The topological polar surface area (TPSA) is 66.7 Å². The molecule has 31 heavy (non-hydrogen) atoms. The van der Waals surface area contributed by atoms with Gasteiger partial charge in [0, 0.05) is 31.7 Å². The Hall–Kier alpha value is -3.15. The predicted octanol–water partition coefficient (Wildman–Crippen LogP) is 4.13. The van der Waals surface area contributed by atoms with Gasteiger partial charge in [-0.1, -0.05) is 44.2 Å². The summed E-state index contributed by atoms with van der Waals surface area (Å²) in [7, 11) is 0. The predicted molar refractivity (Wildman–Crippen MR) is 121 cm³/mol. The number of amides is 2. The summed E-state index contributed by atoms with van der Waals surface area (Å²) in [6.45, 7) is 6.51. The van der Waals surface area contributed by atoms with Crippen LogP contribution in [0.25, 0.3) is 5.52 Å². The van der Waals surface area contributed by atoms with E-state index in [0.717, 1.165) is 32.4 Å². The standard InChI is InChI=1S/C25H30N4O2/c1-18(2)15-20(19-9-4-3-5-10-19)17-26-24(30)21-11-8-14-29-23(21)16-22(27-29)25(31)28-12-6-7-13-28/h3-5,8-11,14,16,18,20H,6-7,12-13,15,17H2,1-2H3,(H,26,30). The molecule has 162 valence electrons. The molecule has 1 unspecified atom stereocenters. The Labute approximate surface area is 183 Å². The second-order valence-corrected chi connectivity index (χ2v) is 8.73. The minimum atomic E-state index is -0.143. The summed E-state index contributed by atoms with van der Waals surface area (Å²) >= 11 is 0. The fourth-order valence-electron chi connectivity index (χ4n) is 4.34. The Kier molecular flexibility index (Phi) is 6.35. The highest BCUT2D eigenvalue weighted by Gasteiger charge is 2.23. The van der Waals surface area contributed by atoms with Gasteiger partial charge in [0.05, 0.1) is 11.1 Å². The molecule has 2 aromatic heterocycles. The molecule has 6 nitrogen and oxygen atoms in total. The third kappa shape index (κ3) is 4.79. The third-order valence-electron chi connectivity index (χ3n) is 5.89. The normalized spacial score (nSPS) is 14.9. The van der Waals surface area contributed by atoms with Crippen LogP contribution in [0.5, 0.6) is 0 Å². The van der Waals surface area contributed by atoms with Gasteiger partial charge in [0.15, 0.2) is 5.69 Å². The smallest absolute Gasteiger partial charge is 0.274 e. The van der Waals surface area contributed by atoms with Gasteiger partial charge in [-0.3, -0.25) is 9.59 Å². The van der Waals surface area contributed by atoms with Gasteiger partial charge in [-0.2, -0.15) is 5.10 Å². The van der Waals surface area contributed by atoms with Crippen molar-refractivity contribution < 1.29 is 9.59 Å². The molecule has 0 saturated carbocycles. The van der Waals surface area contributed by atoms with Crippen LogP contribution in [-0.4, -0.2) is 46.0 Å². The van der Waals surface area contributed by atoms with Gasteiger partial charge in [0.25, 0.3) is 11.8 Å². The molecule has 0 bridgehead atoms. The fourth-order valence-corrected chi connectivity index (χ4v) is 4.34. The third-order valence-corrected chi connectivity index (χ3v) is 5.89. The highest BCUT2D eigenvalue weighted by atomic mass is 16.2. The molecule has 1 N–H and O–H groups in total. The van der Waals surface area contributed by atoms with Gasteiger partial charge in [-0.05, 0) is 48.9 Å². The minimum absolute atomic E-state index is 0.0615. The van der Waals surface area contributed by atoms with Crippen LogP contribution in [0, 0.1) is 5.92 Å². The summed E-state index contributed by atoms with van der Waals surface area (Å²) in [6, 6.07) is 15.6. The first-order chi connectivity index (χ1) is 15.0. The first-order valence-electron chi connectivity index (χ1n) is 11.1. The number of nitrogens with one attached hydrogen (secondary N) is 1. The van der Waals surface area contributed by atoms with Crippen LogP contribution < -0.4 is 5.32 Å².